The van der Waals surface area contributed by atoms with Crippen molar-refractivity contribution < 1.29 is 14.3 Å². The number of amides is 1. The molecule has 6 heteroatoms. The minimum atomic E-state index is -0.540. The van der Waals surface area contributed by atoms with E-state index in [-0.39, 0.29) is 33.6 Å². The molecule has 2 aliphatic rings. The van der Waals surface area contributed by atoms with E-state index in [0.717, 1.165) is 0 Å². The normalized spacial score (nSPS) is 34.9. The summed E-state index contributed by atoms with van der Waals surface area (Å²) in [5.41, 5.74) is -0.540. The largest absolute Gasteiger partial charge is 0.444 e. The first-order valence-electron chi connectivity index (χ1n) is 5.74. The number of ether oxygens (including phenoxy) is 1. The molecular formula is C12H15Br2NO3. The molecule has 1 saturated heterocycles. The van der Waals surface area contributed by atoms with Crippen LogP contribution in [-0.2, 0) is 9.53 Å². The molecule has 0 aromatic rings. The van der Waals surface area contributed by atoms with Gasteiger partial charge >= 0.3 is 6.09 Å². The van der Waals surface area contributed by atoms with Gasteiger partial charge in [0.15, 0.2) is 5.78 Å². The molecule has 0 aliphatic carbocycles. The zero-order valence-corrected chi connectivity index (χ0v) is 13.6. The minimum Gasteiger partial charge on any atom is -0.444 e. The average Bonchev–Trinajstić information content (AvgIpc) is 2.63. The average molecular weight is 381 g/mol. The van der Waals surface area contributed by atoms with Crippen molar-refractivity contribution in [3.63, 3.8) is 0 Å². The summed E-state index contributed by atoms with van der Waals surface area (Å²) in [6.45, 7) is 5.48. The van der Waals surface area contributed by atoms with E-state index in [1.807, 2.05) is 32.9 Å². The fourth-order valence-electron chi connectivity index (χ4n) is 2.14. The summed E-state index contributed by atoms with van der Waals surface area (Å²) in [6.07, 6.45) is 3.38. The quantitative estimate of drug-likeness (QED) is 0.479. The first kappa shape index (κ1) is 14.1. The number of hydrogen-bond acceptors (Lipinski definition) is 3. The predicted octanol–water partition coefficient (Wildman–Crippen LogP) is 2.64. The summed E-state index contributed by atoms with van der Waals surface area (Å²) in [5, 5.41) is 0. The molecule has 2 aliphatic heterocycles. The molecular weight excluding hydrogens is 366 g/mol. The molecule has 1 fully saturated rings. The van der Waals surface area contributed by atoms with Gasteiger partial charge in [0.05, 0.1) is 21.7 Å². The van der Waals surface area contributed by atoms with Crippen LogP contribution in [-0.4, -0.2) is 44.1 Å². The van der Waals surface area contributed by atoms with Gasteiger partial charge in [-0.15, -0.1) is 0 Å². The van der Waals surface area contributed by atoms with Crippen LogP contribution in [0.3, 0.4) is 0 Å². The Balaban J connectivity index is 2.21. The SMILES string of the molecule is CC(C)(C)OC(=O)N1C2C=CC1C(Br)C(=O)C2Br. The fraction of sp³-hybridized carbons (Fsp3) is 0.667. The van der Waals surface area contributed by atoms with Gasteiger partial charge in [0, 0.05) is 0 Å². The molecule has 1 amide bonds. The van der Waals surface area contributed by atoms with E-state index in [1.54, 1.807) is 4.90 Å². The molecule has 4 nitrogen and oxygen atoms in total. The topological polar surface area (TPSA) is 46.6 Å². The van der Waals surface area contributed by atoms with Crippen molar-refractivity contribution in [1.29, 1.82) is 0 Å². The predicted molar refractivity (Wildman–Crippen MR) is 75.2 cm³/mol. The van der Waals surface area contributed by atoms with Crippen molar-refractivity contribution in [2.45, 2.75) is 48.1 Å². The second kappa shape index (κ2) is 4.63. The molecule has 0 aromatic carbocycles. The van der Waals surface area contributed by atoms with Crippen LogP contribution in [0.25, 0.3) is 0 Å². The highest BCUT2D eigenvalue weighted by Crippen LogP contribution is 2.36. The maximum absolute atomic E-state index is 12.2. The Morgan fingerprint density at radius 3 is 2.06 bits per heavy atom. The Morgan fingerprint density at radius 1 is 1.22 bits per heavy atom. The van der Waals surface area contributed by atoms with E-state index >= 15 is 0 Å². The lowest BCUT2D eigenvalue weighted by Crippen LogP contribution is -2.59. The number of halogens is 2. The maximum Gasteiger partial charge on any atom is 0.411 e. The summed E-state index contributed by atoms with van der Waals surface area (Å²) < 4.78 is 5.38. The number of carbonyl (C=O) groups excluding carboxylic acids is 2. The van der Waals surface area contributed by atoms with Crippen LogP contribution in [0.4, 0.5) is 4.79 Å². The molecule has 2 bridgehead atoms. The zero-order valence-electron chi connectivity index (χ0n) is 10.4. The van der Waals surface area contributed by atoms with E-state index < -0.39 is 5.60 Å². The monoisotopic (exact) mass is 379 g/mol. The Bertz CT molecular complexity index is 394. The number of fused-ring (bicyclic) bond motifs is 2. The Labute approximate surface area is 123 Å². The van der Waals surface area contributed by atoms with Gasteiger partial charge in [-0.05, 0) is 20.8 Å². The van der Waals surface area contributed by atoms with Crippen molar-refractivity contribution in [2.75, 3.05) is 0 Å². The van der Waals surface area contributed by atoms with E-state index in [9.17, 15) is 9.59 Å². The van der Waals surface area contributed by atoms with Crippen LogP contribution in [0.1, 0.15) is 20.8 Å². The first-order valence-corrected chi connectivity index (χ1v) is 7.57. The van der Waals surface area contributed by atoms with Crippen molar-refractivity contribution in [1.82, 2.24) is 4.90 Å². The van der Waals surface area contributed by atoms with Crippen LogP contribution < -0.4 is 0 Å². The van der Waals surface area contributed by atoms with Crippen LogP contribution in [0.15, 0.2) is 12.2 Å². The third kappa shape index (κ3) is 2.37. The molecule has 4 atom stereocenters. The summed E-state index contributed by atoms with van der Waals surface area (Å²) in [4.78, 5) is 25.0. The van der Waals surface area contributed by atoms with E-state index in [0.29, 0.717) is 0 Å². The number of carbonyl (C=O) groups is 2. The van der Waals surface area contributed by atoms with Gasteiger partial charge in [0.2, 0.25) is 0 Å². The minimum absolute atomic E-state index is 0.0646. The number of hydrogen-bond donors (Lipinski definition) is 0. The van der Waals surface area contributed by atoms with Crippen LogP contribution >= 0.6 is 31.9 Å². The highest BCUT2D eigenvalue weighted by molar-refractivity contribution is 9.10. The molecule has 4 unspecified atom stereocenters. The summed E-state index contributed by atoms with van der Waals surface area (Å²) in [6, 6.07) is -0.516. The van der Waals surface area contributed by atoms with E-state index in [2.05, 4.69) is 31.9 Å². The van der Waals surface area contributed by atoms with Gasteiger partial charge in [-0.2, -0.15) is 0 Å². The smallest absolute Gasteiger partial charge is 0.411 e. The summed E-state index contributed by atoms with van der Waals surface area (Å²) in [5.74, 6) is 0.0646. The van der Waals surface area contributed by atoms with Crippen LogP contribution in [0.5, 0.6) is 0 Å². The first-order chi connectivity index (χ1) is 8.22. The van der Waals surface area contributed by atoms with Gasteiger partial charge in [-0.3, -0.25) is 9.69 Å². The zero-order chi connectivity index (χ0) is 13.7. The van der Waals surface area contributed by atoms with Crippen molar-refractivity contribution in [3.05, 3.63) is 12.2 Å². The molecule has 100 valence electrons. The van der Waals surface area contributed by atoms with Gasteiger partial charge in [-0.1, -0.05) is 44.0 Å². The third-order valence-electron chi connectivity index (χ3n) is 2.90. The standard InChI is InChI=1S/C12H15Br2NO3/c1-12(2,3)18-11(17)15-6-4-5-7(15)9(14)10(16)8(6)13/h4-9H,1-3H3. The lowest BCUT2D eigenvalue weighted by Gasteiger charge is -2.40. The van der Waals surface area contributed by atoms with Crippen LogP contribution in [0.2, 0.25) is 0 Å². The van der Waals surface area contributed by atoms with E-state index in [1.165, 1.54) is 0 Å². The van der Waals surface area contributed by atoms with Crippen molar-refractivity contribution >= 4 is 43.7 Å². The van der Waals surface area contributed by atoms with Gasteiger partial charge in [-0.25, -0.2) is 4.79 Å². The molecule has 0 saturated carbocycles. The lowest BCUT2D eigenvalue weighted by molar-refractivity contribution is -0.121. The molecule has 0 N–H and O–H groups in total. The number of nitrogens with zero attached hydrogens (tertiary/aromatic N) is 1. The Hall–Kier alpha value is -0.360. The number of piperidine rings is 1. The molecule has 0 radical (unpaired) electrons. The lowest BCUT2D eigenvalue weighted by atomic mass is 10.0. The van der Waals surface area contributed by atoms with E-state index in [4.69, 9.17) is 4.74 Å². The third-order valence-corrected chi connectivity index (χ3v) is 4.88. The summed E-state index contributed by atoms with van der Waals surface area (Å²) >= 11 is 6.71. The maximum atomic E-state index is 12.2. The van der Waals surface area contributed by atoms with Gasteiger partial charge in [0.1, 0.15) is 5.60 Å². The molecule has 18 heavy (non-hydrogen) atoms. The molecule has 2 heterocycles. The molecule has 2 rings (SSSR count). The highest BCUT2D eigenvalue weighted by atomic mass is 79.9. The van der Waals surface area contributed by atoms with Crippen molar-refractivity contribution in [2.24, 2.45) is 0 Å². The van der Waals surface area contributed by atoms with Gasteiger partial charge < -0.3 is 4.74 Å². The number of rotatable bonds is 0. The highest BCUT2D eigenvalue weighted by Gasteiger charge is 2.51. The Kier molecular flexibility index (Phi) is 3.62. The second-order valence-corrected chi connectivity index (χ2v) is 7.43. The molecule has 0 spiro atoms. The second-order valence-electron chi connectivity index (χ2n) is 5.46. The number of ketones is 1. The number of alkyl halides is 2. The number of Topliss-reactive ketones (excluding diaryl/α,β-unsaturated/α-hetero) is 1. The summed E-state index contributed by atoms with van der Waals surface area (Å²) in [7, 11) is 0. The van der Waals surface area contributed by atoms with Gasteiger partial charge in [0.25, 0.3) is 0 Å². The van der Waals surface area contributed by atoms with Crippen LogP contribution in [0, 0.1) is 0 Å². The molecule has 0 aromatic heterocycles. The van der Waals surface area contributed by atoms with Crippen molar-refractivity contribution in [3.8, 4) is 0 Å². The Morgan fingerprint density at radius 2 is 1.67 bits per heavy atom. The fourth-order valence-corrected chi connectivity index (χ4v) is 3.92.